The lowest BCUT2D eigenvalue weighted by atomic mass is 9.84. The van der Waals surface area contributed by atoms with Crippen molar-refractivity contribution in [2.45, 2.75) is 54.0 Å². The van der Waals surface area contributed by atoms with Crippen LogP contribution >= 0.6 is 0 Å². The molecule has 0 fully saturated rings. The molecule has 6 nitrogen and oxygen atoms in total. The monoisotopic (exact) mass is 452 g/mol. The molecule has 0 saturated heterocycles. The van der Waals surface area contributed by atoms with E-state index in [1.807, 2.05) is 12.1 Å². The van der Waals surface area contributed by atoms with E-state index < -0.39 is 5.97 Å². The molecule has 1 aromatic heterocycles. The molecule has 1 aromatic carbocycles. The summed E-state index contributed by atoms with van der Waals surface area (Å²) in [4.78, 5) is 27.8. The van der Waals surface area contributed by atoms with Crippen LogP contribution in [0.5, 0.6) is 5.75 Å². The first-order chi connectivity index (χ1) is 15.5. The zero-order valence-electron chi connectivity index (χ0n) is 21.1. The summed E-state index contributed by atoms with van der Waals surface area (Å²) in [5, 5.41) is 2.06. The van der Waals surface area contributed by atoms with Crippen LogP contribution in [0.3, 0.4) is 0 Å². The Balaban J connectivity index is 2.51. The molecular formula is C27H36N2O4. The number of rotatable bonds is 4. The van der Waals surface area contributed by atoms with Crippen molar-refractivity contribution in [2.24, 2.45) is 5.41 Å². The molecule has 2 heterocycles. The first-order valence-electron chi connectivity index (χ1n) is 11.6. The highest BCUT2D eigenvalue weighted by Gasteiger charge is 2.35. The van der Waals surface area contributed by atoms with Crippen LogP contribution in [0.1, 0.15) is 70.1 Å². The Morgan fingerprint density at radius 1 is 1.21 bits per heavy atom. The fourth-order valence-corrected chi connectivity index (χ4v) is 4.54. The zero-order chi connectivity index (χ0) is 24.5. The van der Waals surface area contributed by atoms with Gasteiger partial charge in [0.25, 0.3) is 0 Å². The van der Waals surface area contributed by atoms with Gasteiger partial charge in [0, 0.05) is 36.3 Å². The lowest BCUT2D eigenvalue weighted by molar-refractivity contribution is 0.0522. The van der Waals surface area contributed by atoms with Gasteiger partial charge in [0.05, 0.1) is 31.1 Å². The highest BCUT2D eigenvalue weighted by atomic mass is 16.5. The molecule has 0 spiro atoms. The van der Waals surface area contributed by atoms with Crippen molar-refractivity contribution in [3.05, 3.63) is 62.4 Å². The summed E-state index contributed by atoms with van der Waals surface area (Å²) in [5.41, 5.74) is 2.59. The number of likely N-dealkylation sites (N-methyl/N-ethyl adjacent to an activating group) is 1. The highest BCUT2D eigenvalue weighted by molar-refractivity contribution is 5.89. The topological polar surface area (TPSA) is 60.8 Å². The second-order valence-electron chi connectivity index (χ2n) is 9.69. The quantitative estimate of drug-likeness (QED) is 0.666. The number of pyridine rings is 1. The molecule has 3 rings (SSSR count). The fourth-order valence-electron chi connectivity index (χ4n) is 4.54. The van der Waals surface area contributed by atoms with Crippen molar-refractivity contribution in [3.8, 4) is 5.75 Å². The molecule has 1 unspecified atom stereocenters. The van der Waals surface area contributed by atoms with Crippen LogP contribution in [0, 0.1) is 5.41 Å². The third kappa shape index (κ3) is 4.56. The molecule has 1 aliphatic heterocycles. The number of fused-ring (bicyclic) bond motifs is 1. The maximum Gasteiger partial charge on any atom is 0.343 e. The standard InChI is InChI=1S/C27H36N2O4/c1-9-17(3)24-18(12-11-13-22(24)32-8)25-20-14-21(30)19(26(31)33-10-2)15-29(20)23(16-28(25)7)27(4,5)6/h11-15,23H,9-10,16H2,1-8H3/b24-17+,25-18-. The SMILES string of the molecule is CCOC(=O)c1cn2c(cc1=O)/C(=c1\cccc(OC)\c1=C(/C)CC)N(C)CC2C(C)(C)C. The second-order valence-corrected chi connectivity index (χ2v) is 9.69. The van der Waals surface area contributed by atoms with Crippen LogP contribution in [0.15, 0.2) is 35.3 Å². The Bertz CT molecular complexity index is 1230. The number of ether oxygens (including phenoxy) is 2. The molecule has 0 bridgehead atoms. The van der Waals surface area contributed by atoms with Gasteiger partial charge in [0.2, 0.25) is 0 Å². The Morgan fingerprint density at radius 3 is 2.48 bits per heavy atom. The van der Waals surface area contributed by atoms with Crippen LogP contribution in [-0.2, 0) is 4.74 Å². The molecule has 0 radical (unpaired) electrons. The Hall–Kier alpha value is -3.02. The summed E-state index contributed by atoms with van der Waals surface area (Å²) < 4.78 is 13.0. The molecule has 0 saturated carbocycles. The number of hydrogen-bond donors (Lipinski definition) is 0. The molecule has 0 N–H and O–H groups in total. The lowest BCUT2D eigenvalue weighted by Crippen LogP contribution is -2.46. The van der Waals surface area contributed by atoms with Gasteiger partial charge in [-0.3, -0.25) is 4.79 Å². The molecule has 2 aromatic rings. The van der Waals surface area contributed by atoms with Gasteiger partial charge >= 0.3 is 5.97 Å². The van der Waals surface area contributed by atoms with Crippen LogP contribution < -0.4 is 20.6 Å². The van der Waals surface area contributed by atoms with Crippen LogP contribution in [0.25, 0.3) is 11.3 Å². The maximum absolute atomic E-state index is 13.1. The average Bonchev–Trinajstić information content (AvgIpc) is 2.76. The van der Waals surface area contributed by atoms with Crippen LogP contribution in [0.4, 0.5) is 0 Å². The van der Waals surface area contributed by atoms with Gasteiger partial charge in [0.1, 0.15) is 11.3 Å². The number of methoxy groups -OCH3 is 1. The lowest BCUT2D eigenvalue weighted by Gasteiger charge is -2.43. The molecule has 0 amide bonds. The summed E-state index contributed by atoms with van der Waals surface area (Å²) >= 11 is 0. The summed E-state index contributed by atoms with van der Waals surface area (Å²) in [5.74, 6) is 0.228. The van der Waals surface area contributed by atoms with Gasteiger partial charge in [-0.05, 0) is 31.7 Å². The Morgan fingerprint density at radius 2 is 1.91 bits per heavy atom. The Kier molecular flexibility index (Phi) is 7.06. The summed E-state index contributed by atoms with van der Waals surface area (Å²) in [6.45, 7) is 13.5. The van der Waals surface area contributed by atoms with Gasteiger partial charge in [-0.2, -0.15) is 0 Å². The minimum atomic E-state index is -0.580. The molecule has 178 valence electrons. The summed E-state index contributed by atoms with van der Waals surface area (Å²) in [6.07, 6.45) is 2.57. The van der Waals surface area contributed by atoms with E-state index in [0.717, 1.165) is 40.5 Å². The Labute approximate surface area is 196 Å². The van der Waals surface area contributed by atoms with E-state index in [0.29, 0.717) is 0 Å². The van der Waals surface area contributed by atoms with Gasteiger partial charge < -0.3 is 18.9 Å². The third-order valence-electron chi connectivity index (χ3n) is 6.44. The summed E-state index contributed by atoms with van der Waals surface area (Å²) in [7, 11) is 3.74. The van der Waals surface area contributed by atoms with E-state index in [4.69, 9.17) is 9.47 Å². The number of esters is 1. The van der Waals surface area contributed by atoms with E-state index in [-0.39, 0.29) is 29.1 Å². The fraction of sp³-hybridized carbons (Fsp3) is 0.481. The van der Waals surface area contributed by atoms with Crippen molar-refractivity contribution in [3.63, 3.8) is 0 Å². The highest BCUT2D eigenvalue weighted by Crippen LogP contribution is 2.37. The smallest absolute Gasteiger partial charge is 0.343 e. The third-order valence-corrected chi connectivity index (χ3v) is 6.44. The van der Waals surface area contributed by atoms with Gasteiger partial charge in [-0.15, -0.1) is 0 Å². The van der Waals surface area contributed by atoms with Crippen molar-refractivity contribution in [1.82, 2.24) is 9.47 Å². The van der Waals surface area contributed by atoms with E-state index in [9.17, 15) is 9.59 Å². The predicted molar refractivity (Wildman–Crippen MR) is 132 cm³/mol. The number of carbonyl (C=O) groups is 1. The van der Waals surface area contributed by atoms with Gasteiger partial charge in [0.15, 0.2) is 5.43 Å². The normalized spacial score (nSPS) is 18.5. The van der Waals surface area contributed by atoms with Crippen molar-refractivity contribution in [2.75, 3.05) is 27.3 Å². The van der Waals surface area contributed by atoms with Crippen molar-refractivity contribution >= 4 is 17.2 Å². The minimum absolute atomic E-state index is 0.0559. The van der Waals surface area contributed by atoms with Gasteiger partial charge in [-0.1, -0.05) is 45.4 Å². The molecule has 0 aliphatic carbocycles. The van der Waals surface area contributed by atoms with Crippen molar-refractivity contribution in [1.29, 1.82) is 0 Å². The van der Waals surface area contributed by atoms with Crippen LogP contribution in [-0.4, -0.2) is 42.7 Å². The molecule has 6 heteroatoms. The van der Waals surface area contributed by atoms with E-state index in [2.05, 4.69) is 57.2 Å². The van der Waals surface area contributed by atoms with E-state index in [1.54, 1.807) is 26.3 Å². The molecule has 33 heavy (non-hydrogen) atoms. The average molecular weight is 453 g/mol. The van der Waals surface area contributed by atoms with Crippen LogP contribution in [0.2, 0.25) is 0 Å². The maximum atomic E-state index is 13.1. The first kappa shape index (κ1) is 24.6. The first-order valence-corrected chi connectivity index (χ1v) is 11.6. The van der Waals surface area contributed by atoms with Crippen molar-refractivity contribution < 1.29 is 14.3 Å². The van der Waals surface area contributed by atoms with E-state index in [1.165, 1.54) is 5.57 Å². The number of benzene rings is 1. The number of hydrogen-bond acceptors (Lipinski definition) is 5. The summed E-state index contributed by atoms with van der Waals surface area (Å²) in [6, 6.07) is 7.66. The van der Waals surface area contributed by atoms with Gasteiger partial charge in [-0.25, -0.2) is 4.79 Å². The largest absolute Gasteiger partial charge is 0.496 e. The minimum Gasteiger partial charge on any atom is -0.496 e. The molecular weight excluding hydrogens is 416 g/mol. The zero-order valence-corrected chi connectivity index (χ0v) is 21.1. The predicted octanol–water partition coefficient (Wildman–Crippen LogP) is 3.30. The number of nitrogens with zero attached hydrogens (tertiary/aromatic N) is 2. The number of carbonyl (C=O) groups excluding carboxylic acids is 1. The van der Waals surface area contributed by atoms with E-state index >= 15 is 0 Å². The number of aromatic nitrogens is 1. The second kappa shape index (κ2) is 9.46. The molecule has 1 atom stereocenters. The molecule has 1 aliphatic rings.